The Morgan fingerprint density at radius 3 is 2.58 bits per heavy atom. The Labute approximate surface area is 143 Å². The van der Waals surface area contributed by atoms with Gasteiger partial charge in [-0.3, -0.25) is 9.69 Å². The van der Waals surface area contributed by atoms with Crippen LogP contribution in [-0.2, 0) is 6.54 Å². The predicted octanol–water partition coefficient (Wildman–Crippen LogP) is 3.12. The fourth-order valence-electron chi connectivity index (χ4n) is 3.18. The number of carbonyl (C=O) groups is 1. The number of rotatable bonds is 5. The van der Waals surface area contributed by atoms with E-state index in [0.717, 1.165) is 25.3 Å². The van der Waals surface area contributed by atoms with Gasteiger partial charge in [0.1, 0.15) is 0 Å². The minimum absolute atomic E-state index is 0.0685. The molecule has 0 saturated carbocycles. The zero-order chi connectivity index (χ0) is 16.8. The molecule has 1 saturated heterocycles. The van der Waals surface area contributed by atoms with E-state index in [0.29, 0.717) is 11.6 Å². The van der Waals surface area contributed by atoms with E-state index in [1.165, 1.54) is 18.4 Å². The molecule has 0 radical (unpaired) electrons. The number of carbonyl (C=O) groups excluding carboxylic acids is 1. The van der Waals surface area contributed by atoms with E-state index in [1.54, 1.807) is 0 Å². The predicted molar refractivity (Wildman–Crippen MR) is 98.2 cm³/mol. The summed E-state index contributed by atoms with van der Waals surface area (Å²) in [6, 6.07) is 18.1. The van der Waals surface area contributed by atoms with Gasteiger partial charge in [0.05, 0.1) is 0 Å². The number of piperidine rings is 1. The molecular formula is C20H25N3O. The maximum atomic E-state index is 12.3. The zero-order valence-corrected chi connectivity index (χ0v) is 14.2. The molecule has 0 aromatic heterocycles. The number of nitrogens with one attached hydrogen (secondary N) is 2. The van der Waals surface area contributed by atoms with Gasteiger partial charge in [-0.1, -0.05) is 30.3 Å². The minimum atomic E-state index is -0.0685. The molecule has 0 bridgehead atoms. The van der Waals surface area contributed by atoms with Crippen LogP contribution in [0.5, 0.6) is 0 Å². The second kappa shape index (κ2) is 8.08. The molecule has 1 aliphatic rings. The lowest BCUT2D eigenvalue weighted by Gasteiger charge is -2.32. The fraction of sp³-hybridized carbons (Fsp3) is 0.350. The van der Waals surface area contributed by atoms with Crippen molar-refractivity contribution in [3.8, 4) is 0 Å². The third kappa shape index (κ3) is 4.43. The second-order valence-corrected chi connectivity index (χ2v) is 6.38. The highest BCUT2D eigenvalue weighted by molar-refractivity contribution is 6.04. The standard InChI is InChI=1S/C20H25N3O/c1-21-19-8-5-13-23(15-19)14-16-9-11-17(12-10-16)20(24)22-18-6-3-2-4-7-18/h2-4,6-7,9-12,19,21H,5,8,13-15H2,1H3,(H,22,24). The minimum Gasteiger partial charge on any atom is -0.322 e. The third-order valence-corrected chi connectivity index (χ3v) is 4.57. The molecule has 1 fully saturated rings. The van der Waals surface area contributed by atoms with Gasteiger partial charge in [-0.05, 0) is 56.3 Å². The van der Waals surface area contributed by atoms with Crippen molar-refractivity contribution in [2.75, 3.05) is 25.5 Å². The number of amides is 1. The first-order valence-electron chi connectivity index (χ1n) is 8.59. The molecular weight excluding hydrogens is 298 g/mol. The summed E-state index contributed by atoms with van der Waals surface area (Å²) in [5.74, 6) is -0.0685. The van der Waals surface area contributed by atoms with Gasteiger partial charge in [-0.15, -0.1) is 0 Å². The van der Waals surface area contributed by atoms with Gasteiger partial charge in [-0.25, -0.2) is 0 Å². The van der Waals surface area contributed by atoms with Crippen molar-refractivity contribution in [1.29, 1.82) is 0 Å². The van der Waals surface area contributed by atoms with Gasteiger partial charge in [0.2, 0.25) is 0 Å². The van der Waals surface area contributed by atoms with Crippen LogP contribution in [0.25, 0.3) is 0 Å². The Balaban J connectivity index is 1.58. The molecule has 24 heavy (non-hydrogen) atoms. The van der Waals surface area contributed by atoms with Gasteiger partial charge < -0.3 is 10.6 Å². The Kier molecular flexibility index (Phi) is 5.62. The quantitative estimate of drug-likeness (QED) is 0.888. The first-order chi connectivity index (χ1) is 11.7. The largest absolute Gasteiger partial charge is 0.322 e. The van der Waals surface area contributed by atoms with Crippen molar-refractivity contribution in [1.82, 2.24) is 10.2 Å². The fourth-order valence-corrected chi connectivity index (χ4v) is 3.18. The van der Waals surface area contributed by atoms with Crippen LogP contribution in [-0.4, -0.2) is 37.0 Å². The molecule has 2 aromatic carbocycles. The number of anilines is 1. The Bertz CT molecular complexity index is 654. The molecule has 1 heterocycles. The van der Waals surface area contributed by atoms with Crippen LogP contribution >= 0.6 is 0 Å². The molecule has 1 unspecified atom stereocenters. The van der Waals surface area contributed by atoms with Crippen molar-refractivity contribution in [3.63, 3.8) is 0 Å². The van der Waals surface area contributed by atoms with Crippen LogP contribution in [0, 0.1) is 0 Å². The van der Waals surface area contributed by atoms with Gasteiger partial charge >= 0.3 is 0 Å². The van der Waals surface area contributed by atoms with Gasteiger partial charge in [0.25, 0.3) is 5.91 Å². The topological polar surface area (TPSA) is 44.4 Å². The van der Waals surface area contributed by atoms with Crippen molar-refractivity contribution in [2.24, 2.45) is 0 Å². The smallest absolute Gasteiger partial charge is 0.255 e. The Morgan fingerprint density at radius 1 is 1.12 bits per heavy atom. The number of likely N-dealkylation sites (tertiary alicyclic amines) is 1. The maximum absolute atomic E-state index is 12.3. The lowest BCUT2D eigenvalue weighted by atomic mass is 10.0. The summed E-state index contributed by atoms with van der Waals surface area (Å²) in [7, 11) is 2.04. The molecule has 0 aliphatic carbocycles. The molecule has 2 N–H and O–H groups in total. The van der Waals surface area contributed by atoms with Gasteiger partial charge in [-0.2, -0.15) is 0 Å². The van der Waals surface area contributed by atoms with E-state index in [1.807, 2.05) is 49.5 Å². The molecule has 1 amide bonds. The van der Waals surface area contributed by atoms with Gasteiger partial charge in [0.15, 0.2) is 0 Å². The SMILES string of the molecule is CNC1CCCN(Cc2ccc(C(=O)Nc3ccccc3)cc2)C1. The zero-order valence-electron chi connectivity index (χ0n) is 14.2. The molecule has 126 valence electrons. The molecule has 0 spiro atoms. The molecule has 3 rings (SSSR count). The van der Waals surface area contributed by atoms with E-state index in [4.69, 9.17) is 0 Å². The summed E-state index contributed by atoms with van der Waals surface area (Å²) < 4.78 is 0. The van der Waals surface area contributed by atoms with Crippen molar-refractivity contribution < 1.29 is 4.79 Å². The first-order valence-corrected chi connectivity index (χ1v) is 8.59. The summed E-state index contributed by atoms with van der Waals surface area (Å²) in [4.78, 5) is 14.7. The normalized spacial score (nSPS) is 18.3. The highest BCUT2D eigenvalue weighted by atomic mass is 16.1. The third-order valence-electron chi connectivity index (χ3n) is 4.57. The number of likely N-dealkylation sites (N-methyl/N-ethyl adjacent to an activating group) is 1. The van der Waals surface area contributed by atoms with Crippen LogP contribution in [0.3, 0.4) is 0 Å². The van der Waals surface area contributed by atoms with Gasteiger partial charge in [0, 0.05) is 30.4 Å². The highest BCUT2D eigenvalue weighted by Gasteiger charge is 2.18. The van der Waals surface area contributed by atoms with E-state index >= 15 is 0 Å². The van der Waals surface area contributed by atoms with Crippen molar-refractivity contribution in [3.05, 3.63) is 65.7 Å². The number of hydrogen-bond acceptors (Lipinski definition) is 3. The maximum Gasteiger partial charge on any atom is 0.255 e. The number of para-hydroxylation sites is 1. The number of hydrogen-bond donors (Lipinski definition) is 2. The number of nitrogens with zero attached hydrogens (tertiary/aromatic N) is 1. The second-order valence-electron chi connectivity index (χ2n) is 6.38. The van der Waals surface area contributed by atoms with Crippen LogP contribution in [0.1, 0.15) is 28.8 Å². The van der Waals surface area contributed by atoms with E-state index in [9.17, 15) is 4.79 Å². The van der Waals surface area contributed by atoms with Crippen molar-refractivity contribution >= 4 is 11.6 Å². The lowest BCUT2D eigenvalue weighted by Crippen LogP contribution is -2.43. The van der Waals surface area contributed by atoms with Crippen LogP contribution < -0.4 is 10.6 Å². The molecule has 2 aromatic rings. The van der Waals surface area contributed by atoms with Crippen LogP contribution in [0.4, 0.5) is 5.69 Å². The van der Waals surface area contributed by atoms with Crippen LogP contribution in [0.2, 0.25) is 0 Å². The molecule has 1 aliphatic heterocycles. The molecule has 1 atom stereocenters. The Hall–Kier alpha value is -2.17. The first kappa shape index (κ1) is 16.7. The highest BCUT2D eigenvalue weighted by Crippen LogP contribution is 2.15. The molecule has 4 nitrogen and oxygen atoms in total. The monoisotopic (exact) mass is 323 g/mol. The average molecular weight is 323 g/mol. The molecule has 4 heteroatoms. The summed E-state index contributed by atoms with van der Waals surface area (Å²) in [6.07, 6.45) is 2.49. The van der Waals surface area contributed by atoms with E-state index < -0.39 is 0 Å². The average Bonchev–Trinajstić information content (AvgIpc) is 2.63. The van der Waals surface area contributed by atoms with Crippen molar-refractivity contribution in [2.45, 2.75) is 25.4 Å². The van der Waals surface area contributed by atoms with Crippen LogP contribution in [0.15, 0.2) is 54.6 Å². The number of benzene rings is 2. The summed E-state index contributed by atoms with van der Waals surface area (Å²) >= 11 is 0. The Morgan fingerprint density at radius 2 is 1.88 bits per heavy atom. The summed E-state index contributed by atoms with van der Waals surface area (Å²) in [5, 5.41) is 6.29. The lowest BCUT2D eigenvalue weighted by molar-refractivity contribution is 0.102. The summed E-state index contributed by atoms with van der Waals surface area (Å²) in [6.45, 7) is 3.18. The summed E-state index contributed by atoms with van der Waals surface area (Å²) in [5.41, 5.74) is 2.76. The van der Waals surface area contributed by atoms with E-state index in [2.05, 4.69) is 27.7 Å². The van der Waals surface area contributed by atoms with E-state index in [-0.39, 0.29) is 5.91 Å².